The predicted molar refractivity (Wildman–Crippen MR) is 64.9 cm³/mol. The molecule has 0 radical (unpaired) electrons. The molecule has 0 saturated carbocycles. The molecule has 0 bridgehead atoms. The Morgan fingerprint density at radius 3 is 2.88 bits per heavy atom. The Morgan fingerprint density at radius 2 is 2.12 bits per heavy atom. The summed E-state index contributed by atoms with van der Waals surface area (Å²) >= 11 is 0. The van der Waals surface area contributed by atoms with Gasteiger partial charge in [0.25, 0.3) is 0 Å². The monoisotopic (exact) mass is 251 g/mol. The molecule has 0 fully saturated rings. The molecule has 1 aromatic carbocycles. The zero-order valence-electron chi connectivity index (χ0n) is 9.20. The highest BCUT2D eigenvalue weighted by atomic mass is 32.2. The number of sulfonamides is 1. The maximum atomic E-state index is 11.4. The molecule has 17 heavy (non-hydrogen) atoms. The first-order valence-corrected chi connectivity index (χ1v) is 7.12. The van der Waals surface area contributed by atoms with Crippen LogP contribution in [0.15, 0.2) is 24.3 Å². The quantitative estimate of drug-likeness (QED) is 0.808. The van der Waals surface area contributed by atoms with Gasteiger partial charge in [-0.15, -0.1) is 0 Å². The van der Waals surface area contributed by atoms with Crippen LogP contribution in [0.1, 0.15) is 12.2 Å². The second kappa shape index (κ2) is 3.54. The van der Waals surface area contributed by atoms with Gasteiger partial charge in [0.1, 0.15) is 5.82 Å². The molecule has 0 amide bonds. The van der Waals surface area contributed by atoms with Crippen LogP contribution in [0.5, 0.6) is 0 Å². The molecule has 1 aromatic heterocycles. The summed E-state index contributed by atoms with van der Waals surface area (Å²) < 4.78 is 24.8. The zero-order chi connectivity index (χ0) is 12.0. The Kier molecular flexibility index (Phi) is 2.24. The fourth-order valence-electron chi connectivity index (χ4n) is 2.39. The normalized spacial score (nSPS) is 20.4. The van der Waals surface area contributed by atoms with Crippen molar-refractivity contribution in [2.75, 3.05) is 0 Å². The van der Waals surface area contributed by atoms with E-state index in [1.54, 1.807) is 0 Å². The summed E-state index contributed by atoms with van der Waals surface area (Å²) in [5.41, 5.74) is 1.98. The molecule has 2 heterocycles. The molecule has 1 atom stereocenters. The number of hydrogen-bond acceptors (Lipinski definition) is 3. The van der Waals surface area contributed by atoms with Crippen LogP contribution in [0.2, 0.25) is 0 Å². The van der Waals surface area contributed by atoms with E-state index in [1.807, 2.05) is 24.3 Å². The average molecular weight is 251 g/mol. The summed E-state index contributed by atoms with van der Waals surface area (Å²) in [6, 6.07) is 7.83. The number of nitrogens with zero attached hydrogens (tertiary/aromatic N) is 2. The van der Waals surface area contributed by atoms with Gasteiger partial charge < -0.3 is 4.57 Å². The van der Waals surface area contributed by atoms with Crippen molar-refractivity contribution in [3.8, 4) is 0 Å². The van der Waals surface area contributed by atoms with E-state index in [0.29, 0.717) is 19.4 Å². The van der Waals surface area contributed by atoms with Crippen molar-refractivity contribution in [2.45, 2.75) is 24.6 Å². The third kappa shape index (κ3) is 1.73. The number of primary sulfonamides is 1. The maximum absolute atomic E-state index is 11.4. The van der Waals surface area contributed by atoms with E-state index >= 15 is 0 Å². The largest absolute Gasteiger partial charge is 0.328 e. The number of hydrogen-bond donors (Lipinski definition) is 1. The van der Waals surface area contributed by atoms with E-state index in [9.17, 15) is 8.42 Å². The van der Waals surface area contributed by atoms with Gasteiger partial charge in [-0.2, -0.15) is 0 Å². The molecule has 0 spiro atoms. The first kappa shape index (κ1) is 10.7. The Morgan fingerprint density at radius 1 is 1.35 bits per heavy atom. The lowest BCUT2D eigenvalue weighted by Crippen LogP contribution is -2.35. The van der Waals surface area contributed by atoms with E-state index in [4.69, 9.17) is 5.14 Å². The van der Waals surface area contributed by atoms with Gasteiger partial charge in [0.05, 0.1) is 16.3 Å². The number of benzene rings is 1. The van der Waals surface area contributed by atoms with Crippen molar-refractivity contribution in [1.82, 2.24) is 9.55 Å². The maximum Gasteiger partial charge on any atom is 0.212 e. The predicted octanol–water partition coefficient (Wildman–Crippen LogP) is 0.640. The molecule has 0 aliphatic carbocycles. The standard InChI is InChI=1S/C11H13N3O2S/c12-17(15,16)8-5-6-14-10-4-2-1-3-9(10)13-11(14)7-8/h1-4,8H,5-7H2,(H2,12,15,16). The molecule has 1 unspecified atom stereocenters. The second-order valence-electron chi connectivity index (χ2n) is 4.37. The van der Waals surface area contributed by atoms with Crippen molar-refractivity contribution >= 4 is 21.1 Å². The lowest BCUT2D eigenvalue weighted by Gasteiger charge is -2.21. The van der Waals surface area contributed by atoms with Gasteiger partial charge in [-0.05, 0) is 18.6 Å². The third-order valence-electron chi connectivity index (χ3n) is 3.28. The van der Waals surface area contributed by atoms with Crippen molar-refractivity contribution in [2.24, 2.45) is 5.14 Å². The molecule has 0 saturated heterocycles. The van der Waals surface area contributed by atoms with Crippen LogP contribution >= 0.6 is 0 Å². The molecule has 6 heteroatoms. The van der Waals surface area contributed by atoms with Gasteiger partial charge in [0.15, 0.2) is 0 Å². The Balaban J connectivity index is 2.09. The van der Waals surface area contributed by atoms with Gasteiger partial charge in [0.2, 0.25) is 10.0 Å². The van der Waals surface area contributed by atoms with Gasteiger partial charge in [-0.1, -0.05) is 12.1 Å². The molecule has 2 N–H and O–H groups in total. The van der Waals surface area contributed by atoms with Crippen LogP contribution in [-0.4, -0.2) is 23.2 Å². The molecule has 3 rings (SSSR count). The van der Waals surface area contributed by atoms with E-state index in [0.717, 1.165) is 16.9 Å². The van der Waals surface area contributed by atoms with Gasteiger partial charge in [-0.25, -0.2) is 18.5 Å². The number of aromatic nitrogens is 2. The molecule has 1 aliphatic rings. The highest BCUT2D eigenvalue weighted by Crippen LogP contribution is 2.24. The summed E-state index contributed by atoms with van der Waals surface area (Å²) in [5.74, 6) is 0.816. The van der Waals surface area contributed by atoms with Crippen LogP contribution in [-0.2, 0) is 23.0 Å². The van der Waals surface area contributed by atoms with Crippen LogP contribution in [0, 0.1) is 0 Å². The van der Waals surface area contributed by atoms with Crippen molar-refractivity contribution in [3.63, 3.8) is 0 Å². The minimum Gasteiger partial charge on any atom is -0.328 e. The van der Waals surface area contributed by atoms with E-state index < -0.39 is 15.3 Å². The summed E-state index contributed by atoms with van der Waals surface area (Å²) in [6.45, 7) is 0.664. The fraction of sp³-hybridized carbons (Fsp3) is 0.364. The van der Waals surface area contributed by atoms with Crippen molar-refractivity contribution in [1.29, 1.82) is 0 Å². The minimum atomic E-state index is -3.46. The van der Waals surface area contributed by atoms with Gasteiger partial charge in [-0.3, -0.25) is 0 Å². The molecule has 2 aromatic rings. The van der Waals surface area contributed by atoms with Crippen LogP contribution in [0.25, 0.3) is 11.0 Å². The Hall–Kier alpha value is -1.40. The minimum absolute atomic E-state index is 0.410. The summed E-state index contributed by atoms with van der Waals surface area (Å²) in [5, 5.41) is 4.70. The van der Waals surface area contributed by atoms with Crippen molar-refractivity contribution in [3.05, 3.63) is 30.1 Å². The lowest BCUT2D eigenvalue weighted by molar-refractivity contribution is 0.506. The molecule has 1 aliphatic heterocycles. The third-order valence-corrected chi connectivity index (χ3v) is 4.61. The SMILES string of the molecule is NS(=O)(=O)C1CCn2c(nc3ccccc32)C1. The fourth-order valence-corrected chi connectivity index (χ4v) is 3.21. The smallest absolute Gasteiger partial charge is 0.212 e. The van der Waals surface area contributed by atoms with E-state index in [2.05, 4.69) is 9.55 Å². The topological polar surface area (TPSA) is 78.0 Å². The number of rotatable bonds is 1. The zero-order valence-corrected chi connectivity index (χ0v) is 10.0. The Labute approximate surface area is 99.3 Å². The van der Waals surface area contributed by atoms with Crippen LogP contribution < -0.4 is 5.14 Å². The number of aryl methyl sites for hydroxylation is 1. The van der Waals surface area contributed by atoms with Crippen LogP contribution in [0.4, 0.5) is 0 Å². The average Bonchev–Trinajstić information content (AvgIpc) is 2.65. The number of nitrogens with two attached hydrogens (primary N) is 1. The van der Waals surface area contributed by atoms with Gasteiger partial charge in [0, 0.05) is 13.0 Å². The Bertz CT molecular complexity index is 675. The molecule has 5 nitrogen and oxygen atoms in total. The summed E-state index contributed by atoms with van der Waals surface area (Å²) in [6.07, 6.45) is 0.972. The number of fused-ring (bicyclic) bond motifs is 3. The molecule has 90 valence electrons. The lowest BCUT2D eigenvalue weighted by atomic mass is 10.1. The number of para-hydroxylation sites is 2. The number of imidazole rings is 1. The highest BCUT2D eigenvalue weighted by Gasteiger charge is 2.28. The highest BCUT2D eigenvalue weighted by molar-refractivity contribution is 7.89. The first-order valence-electron chi connectivity index (χ1n) is 5.51. The first-order chi connectivity index (χ1) is 8.05. The molecular formula is C11H13N3O2S. The summed E-state index contributed by atoms with van der Waals surface area (Å²) in [4.78, 5) is 4.46. The van der Waals surface area contributed by atoms with Gasteiger partial charge >= 0.3 is 0 Å². The van der Waals surface area contributed by atoms with Crippen molar-refractivity contribution < 1.29 is 8.42 Å². The summed E-state index contributed by atoms with van der Waals surface area (Å²) in [7, 11) is -3.46. The second-order valence-corrected chi connectivity index (χ2v) is 6.22. The van der Waals surface area contributed by atoms with E-state index in [-0.39, 0.29) is 0 Å². The van der Waals surface area contributed by atoms with Crippen LogP contribution in [0.3, 0.4) is 0 Å². The molecular weight excluding hydrogens is 238 g/mol. The van der Waals surface area contributed by atoms with E-state index in [1.165, 1.54) is 0 Å².